The lowest BCUT2D eigenvalue weighted by Crippen LogP contribution is -2.32. The van der Waals surface area contributed by atoms with Crippen LogP contribution < -0.4 is 11.1 Å². The first-order valence-corrected chi connectivity index (χ1v) is 8.81. The molecule has 1 aliphatic heterocycles. The molecule has 3 N–H and O–H groups in total. The van der Waals surface area contributed by atoms with Gasteiger partial charge in [-0.1, -0.05) is 31.0 Å². The number of amides is 1. The van der Waals surface area contributed by atoms with E-state index < -0.39 is 0 Å². The first kappa shape index (κ1) is 17.1. The number of para-hydroxylation sites is 1. The molecule has 0 radical (unpaired) electrons. The van der Waals surface area contributed by atoms with E-state index >= 15 is 0 Å². The summed E-state index contributed by atoms with van der Waals surface area (Å²) in [4.78, 5) is 27.0. The van der Waals surface area contributed by atoms with Crippen LogP contribution in [0.4, 0.5) is 17.6 Å². The monoisotopic (exact) mass is 340 g/mol. The topological polar surface area (TPSA) is 97.0 Å². The Labute approximate surface area is 147 Å². The summed E-state index contributed by atoms with van der Waals surface area (Å²) in [7, 11) is 0. The highest BCUT2D eigenvalue weighted by molar-refractivity contribution is 5.76. The number of nitrogens with two attached hydrogens (primary N) is 1. The maximum atomic E-state index is 12.4. The van der Waals surface area contributed by atoms with Crippen LogP contribution >= 0.6 is 0 Å². The fourth-order valence-corrected chi connectivity index (χ4v) is 2.95. The van der Waals surface area contributed by atoms with Crippen LogP contribution in [0.3, 0.4) is 0 Å². The normalized spacial score (nSPS) is 14.8. The van der Waals surface area contributed by atoms with Gasteiger partial charge >= 0.3 is 0 Å². The van der Waals surface area contributed by atoms with Gasteiger partial charge in [0.2, 0.25) is 17.8 Å². The van der Waals surface area contributed by atoms with Crippen LogP contribution in [0.5, 0.6) is 0 Å². The van der Waals surface area contributed by atoms with E-state index in [0.29, 0.717) is 24.6 Å². The van der Waals surface area contributed by atoms with Crippen LogP contribution in [-0.4, -0.2) is 38.8 Å². The summed E-state index contributed by atoms with van der Waals surface area (Å²) < 4.78 is 0. The van der Waals surface area contributed by atoms with Crippen molar-refractivity contribution < 1.29 is 4.79 Å². The lowest BCUT2D eigenvalue weighted by molar-refractivity contribution is -0.131. The molecule has 2 aromatic rings. The number of nitrogen functional groups attached to an aromatic ring is 1. The molecular formula is C18H24N6O. The standard InChI is InChI=1S/C18H24N6O/c19-17-21-15(10-11-16(25)24-12-6-1-2-7-13-24)22-18(23-17)20-14-8-4-3-5-9-14/h3-5,8-9H,1-2,6-7,10-13H2,(H3,19,20,21,22,23). The van der Waals surface area contributed by atoms with Crippen LogP contribution in [0, 0.1) is 0 Å². The fourth-order valence-electron chi connectivity index (χ4n) is 2.95. The first-order chi connectivity index (χ1) is 12.2. The van der Waals surface area contributed by atoms with Crippen molar-refractivity contribution in [3.8, 4) is 0 Å². The van der Waals surface area contributed by atoms with Crippen LogP contribution in [0.25, 0.3) is 0 Å². The number of hydrogen-bond donors (Lipinski definition) is 2. The highest BCUT2D eigenvalue weighted by Gasteiger charge is 2.16. The van der Waals surface area contributed by atoms with Crippen LogP contribution in [0.1, 0.15) is 37.9 Å². The molecule has 2 heterocycles. The maximum absolute atomic E-state index is 12.4. The van der Waals surface area contributed by atoms with Gasteiger partial charge in [0.05, 0.1) is 0 Å². The molecular weight excluding hydrogens is 316 g/mol. The van der Waals surface area contributed by atoms with E-state index in [2.05, 4.69) is 20.3 Å². The summed E-state index contributed by atoms with van der Waals surface area (Å²) in [6.45, 7) is 1.72. The molecule has 1 aromatic carbocycles. The zero-order valence-electron chi connectivity index (χ0n) is 14.3. The highest BCUT2D eigenvalue weighted by atomic mass is 16.2. The molecule has 0 bridgehead atoms. The Balaban J connectivity index is 1.61. The zero-order chi connectivity index (χ0) is 17.5. The van der Waals surface area contributed by atoms with Crippen LogP contribution in [0.2, 0.25) is 0 Å². The number of aromatic nitrogens is 3. The van der Waals surface area contributed by atoms with E-state index in [1.54, 1.807) is 0 Å². The van der Waals surface area contributed by atoms with E-state index in [-0.39, 0.29) is 11.9 Å². The molecule has 0 spiro atoms. The van der Waals surface area contributed by atoms with E-state index in [4.69, 9.17) is 5.73 Å². The summed E-state index contributed by atoms with van der Waals surface area (Å²) in [6, 6.07) is 9.62. The van der Waals surface area contributed by atoms with Gasteiger partial charge in [-0.05, 0) is 25.0 Å². The Morgan fingerprint density at radius 2 is 1.76 bits per heavy atom. The van der Waals surface area contributed by atoms with Crippen molar-refractivity contribution in [1.82, 2.24) is 19.9 Å². The Morgan fingerprint density at radius 3 is 2.48 bits per heavy atom. The van der Waals surface area contributed by atoms with E-state index in [1.807, 2.05) is 35.2 Å². The van der Waals surface area contributed by atoms with E-state index in [9.17, 15) is 4.79 Å². The highest BCUT2D eigenvalue weighted by Crippen LogP contribution is 2.14. The van der Waals surface area contributed by atoms with Gasteiger partial charge in [0.25, 0.3) is 0 Å². The molecule has 132 valence electrons. The molecule has 0 aliphatic carbocycles. The molecule has 0 unspecified atom stereocenters. The number of hydrogen-bond acceptors (Lipinski definition) is 6. The third-order valence-corrected chi connectivity index (χ3v) is 4.25. The quantitative estimate of drug-likeness (QED) is 0.868. The summed E-state index contributed by atoms with van der Waals surface area (Å²) >= 11 is 0. The summed E-state index contributed by atoms with van der Waals surface area (Å²) in [6.07, 6.45) is 5.47. The number of anilines is 3. The molecule has 1 fully saturated rings. The molecule has 3 rings (SSSR count). The Kier molecular flexibility index (Phi) is 5.77. The van der Waals surface area contributed by atoms with Gasteiger partial charge in [0.15, 0.2) is 0 Å². The van der Waals surface area contributed by atoms with Crippen LogP contribution in [-0.2, 0) is 11.2 Å². The third-order valence-electron chi connectivity index (χ3n) is 4.25. The molecule has 1 aliphatic rings. The van der Waals surface area contributed by atoms with Crippen molar-refractivity contribution >= 4 is 23.5 Å². The Morgan fingerprint density at radius 1 is 1.04 bits per heavy atom. The van der Waals surface area contributed by atoms with Gasteiger partial charge in [0.1, 0.15) is 5.82 Å². The number of rotatable bonds is 5. The number of benzene rings is 1. The average molecular weight is 340 g/mol. The average Bonchev–Trinajstić information content (AvgIpc) is 2.89. The van der Waals surface area contributed by atoms with Crippen LogP contribution in [0.15, 0.2) is 30.3 Å². The predicted molar refractivity (Wildman–Crippen MR) is 97.3 cm³/mol. The fraction of sp³-hybridized carbons (Fsp3) is 0.444. The van der Waals surface area contributed by atoms with Gasteiger partial charge in [0, 0.05) is 31.6 Å². The molecule has 7 heteroatoms. The van der Waals surface area contributed by atoms with Crippen molar-refractivity contribution in [3.63, 3.8) is 0 Å². The molecule has 25 heavy (non-hydrogen) atoms. The predicted octanol–water partition coefficient (Wildman–Crippen LogP) is 2.53. The Bertz CT molecular complexity index is 698. The number of nitrogens with one attached hydrogen (secondary N) is 1. The number of likely N-dealkylation sites (tertiary alicyclic amines) is 1. The van der Waals surface area contributed by atoms with Gasteiger partial charge in [-0.2, -0.15) is 15.0 Å². The van der Waals surface area contributed by atoms with Crippen molar-refractivity contribution in [2.24, 2.45) is 0 Å². The smallest absolute Gasteiger partial charge is 0.232 e. The molecule has 0 atom stereocenters. The van der Waals surface area contributed by atoms with Crippen molar-refractivity contribution in [1.29, 1.82) is 0 Å². The van der Waals surface area contributed by atoms with Gasteiger partial charge in [-0.15, -0.1) is 0 Å². The lowest BCUT2D eigenvalue weighted by atomic mass is 10.2. The SMILES string of the molecule is Nc1nc(CCC(=O)N2CCCCCC2)nc(Nc2ccccc2)n1. The minimum absolute atomic E-state index is 0.158. The van der Waals surface area contributed by atoms with Crippen molar-refractivity contribution in [2.75, 3.05) is 24.1 Å². The summed E-state index contributed by atoms with van der Waals surface area (Å²) in [5.41, 5.74) is 6.66. The minimum atomic E-state index is 0.158. The molecule has 0 saturated carbocycles. The number of carbonyl (C=O) groups is 1. The van der Waals surface area contributed by atoms with E-state index in [1.165, 1.54) is 12.8 Å². The van der Waals surface area contributed by atoms with Crippen molar-refractivity contribution in [2.45, 2.75) is 38.5 Å². The zero-order valence-corrected chi connectivity index (χ0v) is 14.3. The molecule has 1 aromatic heterocycles. The molecule has 1 amide bonds. The second-order valence-corrected chi connectivity index (χ2v) is 6.22. The van der Waals surface area contributed by atoms with E-state index in [0.717, 1.165) is 31.6 Å². The number of carbonyl (C=O) groups excluding carboxylic acids is 1. The minimum Gasteiger partial charge on any atom is -0.368 e. The third kappa shape index (κ3) is 5.14. The number of nitrogens with zero attached hydrogens (tertiary/aromatic N) is 4. The first-order valence-electron chi connectivity index (χ1n) is 8.81. The van der Waals surface area contributed by atoms with Crippen molar-refractivity contribution in [3.05, 3.63) is 36.2 Å². The molecule has 1 saturated heterocycles. The second kappa shape index (κ2) is 8.41. The maximum Gasteiger partial charge on any atom is 0.232 e. The number of aryl methyl sites for hydroxylation is 1. The largest absolute Gasteiger partial charge is 0.368 e. The van der Waals surface area contributed by atoms with Gasteiger partial charge in [-0.3, -0.25) is 4.79 Å². The van der Waals surface area contributed by atoms with Gasteiger partial charge < -0.3 is 16.0 Å². The summed E-state index contributed by atoms with van der Waals surface area (Å²) in [5.74, 6) is 1.26. The summed E-state index contributed by atoms with van der Waals surface area (Å²) in [5, 5.41) is 3.11. The Hall–Kier alpha value is -2.70. The lowest BCUT2D eigenvalue weighted by Gasteiger charge is -2.20. The molecule has 7 nitrogen and oxygen atoms in total. The second-order valence-electron chi connectivity index (χ2n) is 6.22. The van der Waals surface area contributed by atoms with Gasteiger partial charge in [-0.25, -0.2) is 0 Å².